The fraction of sp³-hybridized carbons (Fsp3) is 0.750. The lowest BCUT2D eigenvalue weighted by Gasteiger charge is -2.14. The summed E-state index contributed by atoms with van der Waals surface area (Å²) in [6.07, 6.45) is 9.03. The molecule has 2 saturated carbocycles. The summed E-state index contributed by atoms with van der Waals surface area (Å²) in [6.45, 7) is 5.37. The van der Waals surface area contributed by atoms with Gasteiger partial charge in [0.05, 0.1) is 0 Å². The van der Waals surface area contributed by atoms with E-state index >= 15 is 0 Å². The number of aromatic nitrogens is 2. The van der Waals surface area contributed by atoms with Gasteiger partial charge in [0, 0.05) is 23.3 Å². The second-order valence-electron chi connectivity index (χ2n) is 6.19. The molecule has 3 rings (SSSR count). The topological polar surface area (TPSA) is 37.8 Å². The number of hydrogen-bond donors (Lipinski definition) is 1. The number of rotatable bonds is 5. The molecule has 3 nitrogen and oxygen atoms in total. The van der Waals surface area contributed by atoms with Crippen LogP contribution in [0.2, 0.25) is 0 Å². The molecule has 0 unspecified atom stereocenters. The first kappa shape index (κ1) is 13.0. The molecule has 0 spiro atoms. The second kappa shape index (κ2) is 5.58. The van der Waals surface area contributed by atoms with Crippen molar-refractivity contribution in [1.82, 2.24) is 15.3 Å². The van der Waals surface area contributed by atoms with E-state index in [-0.39, 0.29) is 0 Å². The maximum absolute atomic E-state index is 4.79. The molecule has 1 aromatic rings. The van der Waals surface area contributed by atoms with Crippen molar-refractivity contribution < 1.29 is 0 Å². The Morgan fingerprint density at radius 2 is 1.63 bits per heavy atom. The third-order valence-electron chi connectivity index (χ3n) is 4.54. The van der Waals surface area contributed by atoms with Crippen LogP contribution in [0.4, 0.5) is 0 Å². The molecule has 0 aliphatic heterocycles. The minimum absolute atomic E-state index is 0.621. The standard InChI is InChI=1S/C16H25N3/c1-11-15(9-10-17-14-7-8-14)12(2)19-16(18-11)13-5-3-4-6-13/h13-14,17H,3-10H2,1-2H3. The van der Waals surface area contributed by atoms with E-state index in [9.17, 15) is 0 Å². The molecule has 104 valence electrons. The minimum Gasteiger partial charge on any atom is -0.314 e. The van der Waals surface area contributed by atoms with Gasteiger partial charge in [0.15, 0.2) is 0 Å². The molecule has 2 aliphatic rings. The van der Waals surface area contributed by atoms with E-state index in [0.29, 0.717) is 5.92 Å². The van der Waals surface area contributed by atoms with Crippen LogP contribution in [0.25, 0.3) is 0 Å². The van der Waals surface area contributed by atoms with Crippen molar-refractivity contribution in [3.63, 3.8) is 0 Å². The van der Waals surface area contributed by atoms with Crippen molar-refractivity contribution in [3.05, 3.63) is 22.8 Å². The number of nitrogens with one attached hydrogen (secondary N) is 1. The van der Waals surface area contributed by atoms with E-state index in [4.69, 9.17) is 9.97 Å². The van der Waals surface area contributed by atoms with E-state index in [1.807, 2.05) is 0 Å². The molecule has 0 amide bonds. The first-order chi connectivity index (χ1) is 9.24. The molecule has 1 aromatic heterocycles. The van der Waals surface area contributed by atoms with Crippen molar-refractivity contribution in [3.8, 4) is 0 Å². The summed E-state index contributed by atoms with van der Waals surface area (Å²) in [5.74, 6) is 1.72. The molecule has 2 fully saturated rings. The molecule has 2 aliphatic carbocycles. The summed E-state index contributed by atoms with van der Waals surface area (Å²) >= 11 is 0. The number of nitrogens with zero attached hydrogens (tertiary/aromatic N) is 2. The lowest BCUT2D eigenvalue weighted by atomic mass is 10.0. The van der Waals surface area contributed by atoms with E-state index in [1.165, 1.54) is 55.5 Å². The monoisotopic (exact) mass is 259 g/mol. The smallest absolute Gasteiger partial charge is 0.131 e. The predicted molar refractivity (Wildman–Crippen MR) is 77.4 cm³/mol. The van der Waals surface area contributed by atoms with Gasteiger partial charge in [-0.05, 0) is 58.1 Å². The van der Waals surface area contributed by atoms with Gasteiger partial charge in [0.1, 0.15) is 5.82 Å². The molecule has 0 saturated heterocycles. The zero-order chi connectivity index (χ0) is 13.2. The van der Waals surface area contributed by atoms with E-state index in [0.717, 1.165) is 24.8 Å². The van der Waals surface area contributed by atoms with Crippen LogP contribution >= 0.6 is 0 Å². The summed E-state index contributed by atoms with van der Waals surface area (Å²) in [7, 11) is 0. The molecule has 0 atom stereocenters. The predicted octanol–water partition coefficient (Wildman–Crippen LogP) is 3.05. The summed E-state index contributed by atoms with van der Waals surface area (Å²) in [6, 6.07) is 0.791. The van der Waals surface area contributed by atoms with Crippen LogP contribution in [0.15, 0.2) is 0 Å². The van der Waals surface area contributed by atoms with Crippen LogP contribution in [0, 0.1) is 13.8 Å². The fourth-order valence-electron chi connectivity index (χ4n) is 3.18. The summed E-state index contributed by atoms with van der Waals surface area (Å²) in [5.41, 5.74) is 3.76. The van der Waals surface area contributed by atoms with Gasteiger partial charge in [-0.1, -0.05) is 12.8 Å². The van der Waals surface area contributed by atoms with E-state index in [1.54, 1.807) is 0 Å². The highest BCUT2D eigenvalue weighted by atomic mass is 14.9. The summed E-state index contributed by atoms with van der Waals surface area (Å²) in [5, 5.41) is 3.57. The highest BCUT2D eigenvalue weighted by Gasteiger charge is 2.22. The molecule has 0 aromatic carbocycles. The van der Waals surface area contributed by atoms with Gasteiger partial charge in [-0.15, -0.1) is 0 Å². The van der Waals surface area contributed by atoms with Crippen LogP contribution < -0.4 is 5.32 Å². The van der Waals surface area contributed by atoms with Gasteiger partial charge in [0.25, 0.3) is 0 Å². The third-order valence-corrected chi connectivity index (χ3v) is 4.54. The van der Waals surface area contributed by atoms with Crippen molar-refractivity contribution in [2.24, 2.45) is 0 Å². The molecular weight excluding hydrogens is 234 g/mol. The Bertz CT molecular complexity index is 422. The Balaban J connectivity index is 1.69. The van der Waals surface area contributed by atoms with E-state index in [2.05, 4.69) is 19.2 Å². The van der Waals surface area contributed by atoms with Crippen LogP contribution in [-0.4, -0.2) is 22.6 Å². The Labute approximate surface area is 116 Å². The molecular formula is C16H25N3. The largest absolute Gasteiger partial charge is 0.314 e. The molecule has 1 N–H and O–H groups in total. The Morgan fingerprint density at radius 1 is 1.00 bits per heavy atom. The number of aryl methyl sites for hydroxylation is 2. The molecule has 19 heavy (non-hydrogen) atoms. The minimum atomic E-state index is 0.621. The maximum Gasteiger partial charge on any atom is 0.131 e. The molecule has 0 radical (unpaired) electrons. The number of hydrogen-bond acceptors (Lipinski definition) is 3. The first-order valence-corrected chi connectivity index (χ1v) is 7.81. The molecule has 0 bridgehead atoms. The quantitative estimate of drug-likeness (QED) is 0.883. The maximum atomic E-state index is 4.79. The van der Waals surface area contributed by atoms with Crippen LogP contribution in [0.1, 0.15) is 67.2 Å². The highest BCUT2D eigenvalue weighted by Crippen LogP contribution is 2.32. The Morgan fingerprint density at radius 3 is 2.21 bits per heavy atom. The van der Waals surface area contributed by atoms with Gasteiger partial charge < -0.3 is 5.32 Å². The van der Waals surface area contributed by atoms with Crippen LogP contribution in [0.3, 0.4) is 0 Å². The van der Waals surface area contributed by atoms with Gasteiger partial charge in [0.2, 0.25) is 0 Å². The van der Waals surface area contributed by atoms with Gasteiger partial charge >= 0.3 is 0 Å². The average Bonchev–Trinajstić information content (AvgIpc) is 3.04. The zero-order valence-corrected chi connectivity index (χ0v) is 12.2. The lowest BCUT2D eigenvalue weighted by Crippen LogP contribution is -2.20. The average molecular weight is 259 g/mol. The second-order valence-corrected chi connectivity index (χ2v) is 6.19. The van der Waals surface area contributed by atoms with Gasteiger partial charge in [-0.3, -0.25) is 0 Å². The van der Waals surface area contributed by atoms with Crippen molar-refractivity contribution in [1.29, 1.82) is 0 Å². The normalized spacial score (nSPS) is 20.1. The summed E-state index contributed by atoms with van der Waals surface area (Å²) < 4.78 is 0. The Hall–Kier alpha value is -0.960. The van der Waals surface area contributed by atoms with Gasteiger partial charge in [-0.25, -0.2) is 9.97 Å². The summed E-state index contributed by atoms with van der Waals surface area (Å²) in [4.78, 5) is 9.58. The Kier molecular flexibility index (Phi) is 3.83. The van der Waals surface area contributed by atoms with Crippen molar-refractivity contribution in [2.45, 2.75) is 70.8 Å². The SMILES string of the molecule is Cc1nc(C2CCCC2)nc(C)c1CCNC1CC1. The van der Waals surface area contributed by atoms with Gasteiger partial charge in [-0.2, -0.15) is 0 Å². The van der Waals surface area contributed by atoms with Crippen LogP contribution in [-0.2, 0) is 6.42 Å². The van der Waals surface area contributed by atoms with Crippen molar-refractivity contribution >= 4 is 0 Å². The fourth-order valence-corrected chi connectivity index (χ4v) is 3.18. The van der Waals surface area contributed by atoms with Crippen LogP contribution in [0.5, 0.6) is 0 Å². The lowest BCUT2D eigenvalue weighted by molar-refractivity contribution is 0.645. The zero-order valence-electron chi connectivity index (χ0n) is 12.2. The van der Waals surface area contributed by atoms with E-state index < -0.39 is 0 Å². The third kappa shape index (κ3) is 3.14. The molecule has 3 heteroatoms. The highest BCUT2D eigenvalue weighted by molar-refractivity contribution is 5.25. The molecule has 1 heterocycles. The van der Waals surface area contributed by atoms with Crippen molar-refractivity contribution in [2.75, 3.05) is 6.54 Å². The first-order valence-electron chi connectivity index (χ1n) is 7.81.